The molecule has 2 heterocycles. The standard InChI is InChI=1S/C17H19BrN2O4/c1-10-7-19(9-12(10)17(23)24)16(22)11-6-15(21)20(8-11)14-5-3-2-4-13(14)18/h2-5,10-12H,6-9H2,1H3,(H,23,24)/t10-,11?,12-/m1/s1. The summed E-state index contributed by atoms with van der Waals surface area (Å²) in [4.78, 5) is 39.5. The molecule has 0 bridgehead atoms. The first-order valence-electron chi connectivity index (χ1n) is 7.95. The van der Waals surface area contributed by atoms with Crippen LogP contribution in [0, 0.1) is 17.8 Å². The normalized spacial score (nSPS) is 26.9. The van der Waals surface area contributed by atoms with E-state index in [1.54, 1.807) is 9.80 Å². The third kappa shape index (κ3) is 3.05. The fraction of sp³-hybridized carbons (Fsp3) is 0.471. The van der Waals surface area contributed by atoms with Gasteiger partial charge in [0.1, 0.15) is 0 Å². The lowest BCUT2D eigenvalue weighted by atomic mass is 9.99. The van der Waals surface area contributed by atoms with Crippen LogP contribution >= 0.6 is 15.9 Å². The van der Waals surface area contributed by atoms with Crippen molar-refractivity contribution in [1.29, 1.82) is 0 Å². The van der Waals surface area contributed by atoms with Gasteiger partial charge in [0.2, 0.25) is 11.8 Å². The fourth-order valence-electron chi connectivity index (χ4n) is 3.50. The number of halogens is 1. The molecular weight excluding hydrogens is 376 g/mol. The van der Waals surface area contributed by atoms with Crippen LogP contribution < -0.4 is 4.90 Å². The van der Waals surface area contributed by atoms with E-state index in [0.717, 1.165) is 10.2 Å². The first-order valence-corrected chi connectivity index (χ1v) is 8.74. The number of carbonyl (C=O) groups is 3. The highest BCUT2D eigenvalue weighted by Crippen LogP contribution is 2.33. The lowest BCUT2D eigenvalue weighted by molar-refractivity contribution is -0.142. The van der Waals surface area contributed by atoms with Crippen LogP contribution in [0.4, 0.5) is 5.69 Å². The molecule has 2 aliphatic rings. The quantitative estimate of drug-likeness (QED) is 0.849. The summed E-state index contributed by atoms with van der Waals surface area (Å²) in [7, 11) is 0. The van der Waals surface area contributed by atoms with Crippen LogP contribution in [-0.2, 0) is 14.4 Å². The number of aliphatic carboxylic acids is 1. The highest BCUT2D eigenvalue weighted by atomic mass is 79.9. The van der Waals surface area contributed by atoms with Gasteiger partial charge < -0.3 is 14.9 Å². The zero-order valence-corrected chi connectivity index (χ0v) is 14.9. The molecule has 128 valence electrons. The van der Waals surface area contributed by atoms with Crippen molar-refractivity contribution in [2.45, 2.75) is 13.3 Å². The number of hydrogen-bond donors (Lipinski definition) is 1. The summed E-state index contributed by atoms with van der Waals surface area (Å²) >= 11 is 3.43. The SMILES string of the molecule is C[C@@H]1CN(C(=O)C2CC(=O)N(c3ccccc3Br)C2)C[C@H]1C(=O)O. The van der Waals surface area contributed by atoms with Gasteiger partial charge in [-0.2, -0.15) is 0 Å². The number of nitrogens with zero attached hydrogens (tertiary/aromatic N) is 2. The number of benzene rings is 1. The molecule has 0 aromatic heterocycles. The third-order valence-electron chi connectivity index (χ3n) is 4.86. The zero-order chi connectivity index (χ0) is 17.4. The van der Waals surface area contributed by atoms with E-state index in [4.69, 9.17) is 0 Å². The second-order valence-corrected chi connectivity index (χ2v) is 7.38. The molecular formula is C17H19BrN2O4. The van der Waals surface area contributed by atoms with Crippen molar-refractivity contribution in [3.8, 4) is 0 Å². The Balaban J connectivity index is 1.71. The van der Waals surface area contributed by atoms with Crippen LogP contribution in [0.5, 0.6) is 0 Å². The van der Waals surface area contributed by atoms with Gasteiger partial charge in [0.15, 0.2) is 0 Å². The molecule has 0 radical (unpaired) electrons. The highest BCUT2D eigenvalue weighted by molar-refractivity contribution is 9.10. The van der Waals surface area contributed by atoms with Gasteiger partial charge in [-0.15, -0.1) is 0 Å². The number of anilines is 1. The number of amides is 2. The molecule has 0 aliphatic carbocycles. The summed E-state index contributed by atoms with van der Waals surface area (Å²) in [5.74, 6) is -2.07. The summed E-state index contributed by atoms with van der Waals surface area (Å²) in [6.07, 6.45) is 0.169. The van der Waals surface area contributed by atoms with E-state index in [9.17, 15) is 19.5 Å². The monoisotopic (exact) mass is 394 g/mol. The third-order valence-corrected chi connectivity index (χ3v) is 5.53. The van der Waals surface area contributed by atoms with Crippen molar-refractivity contribution >= 4 is 39.4 Å². The molecule has 6 nitrogen and oxygen atoms in total. The Labute approximate surface area is 148 Å². The van der Waals surface area contributed by atoms with Crippen LogP contribution in [0.1, 0.15) is 13.3 Å². The molecule has 1 N–H and O–H groups in total. The molecule has 2 amide bonds. The van der Waals surface area contributed by atoms with Gasteiger partial charge in [-0.1, -0.05) is 19.1 Å². The minimum absolute atomic E-state index is 0.0667. The minimum Gasteiger partial charge on any atom is -0.481 e. The molecule has 7 heteroatoms. The molecule has 0 spiro atoms. The number of carboxylic acid groups (broad SMARTS) is 1. The van der Waals surface area contributed by atoms with Crippen molar-refractivity contribution in [2.24, 2.45) is 17.8 Å². The number of rotatable bonds is 3. The number of likely N-dealkylation sites (tertiary alicyclic amines) is 1. The Morgan fingerprint density at radius 1 is 1.21 bits per heavy atom. The molecule has 1 unspecified atom stereocenters. The lowest BCUT2D eigenvalue weighted by Gasteiger charge is -2.21. The molecule has 2 aliphatic heterocycles. The number of hydrogen-bond acceptors (Lipinski definition) is 3. The van der Waals surface area contributed by atoms with E-state index in [1.165, 1.54) is 0 Å². The zero-order valence-electron chi connectivity index (χ0n) is 13.3. The molecule has 1 aromatic carbocycles. The van der Waals surface area contributed by atoms with E-state index in [0.29, 0.717) is 13.1 Å². The van der Waals surface area contributed by atoms with Crippen LogP contribution in [0.3, 0.4) is 0 Å². The smallest absolute Gasteiger partial charge is 0.308 e. The average Bonchev–Trinajstić information content (AvgIpc) is 3.10. The predicted molar refractivity (Wildman–Crippen MR) is 91.5 cm³/mol. The van der Waals surface area contributed by atoms with Crippen LogP contribution in [0.2, 0.25) is 0 Å². The second kappa shape index (κ2) is 6.55. The summed E-state index contributed by atoms with van der Waals surface area (Å²) < 4.78 is 0.812. The molecule has 1 aromatic rings. The largest absolute Gasteiger partial charge is 0.481 e. The van der Waals surface area contributed by atoms with Gasteiger partial charge in [-0.05, 0) is 34.0 Å². The van der Waals surface area contributed by atoms with E-state index in [1.807, 2.05) is 31.2 Å². The van der Waals surface area contributed by atoms with E-state index in [2.05, 4.69) is 15.9 Å². The van der Waals surface area contributed by atoms with E-state index in [-0.39, 0.29) is 30.7 Å². The Morgan fingerprint density at radius 2 is 1.92 bits per heavy atom. The topological polar surface area (TPSA) is 77.9 Å². The maximum absolute atomic E-state index is 12.7. The van der Waals surface area contributed by atoms with E-state index >= 15 is 0 Å². The summed E-state index contributed by atoms with van der Waals surface area (Å²) in [5, 5.41) is 9.21. The number of carboxylic acids is 1. The Morgan fingerprint density at radius 3 is 2.54 bits per heavy atom. The first-order chi connectivity index (χ1) is 11.4. The van der Waals surface area contributed by atoms with Gasteiger partial charge >= 0.3 is 5.97 Å². The van der Waals surface area contributed by atoms with Crippen molar-refractivity contribution in [1.82, 2.24) is 4.90 Å². The summed E-state index contributed by atoms with van der Waals surface area (Å²) in [6.45, 7) is 2.85. The predicted octanol–water partition coefficient (Wildman–Crippen LogP) is 1.98. The number of carbonyl (C=O) groups excluding carboxylic acids is 2. The van der Waals surface area contributed by atoms with Gasteiger partial charge in [0.05, 0.1) is 17.5 Å². The Kier molecular flexibility index (Phi) is 4.62. The molecule has 2 saturated heterocycles. The van der Waals surface area contributed by atoms with Gasteiger partial charge in [-0.3, -0.25) is 14.4 Å². The summed E-state index contributed by atoms with van der Waals surface area (Å²) in [5.41, 5.74) is 0.760. The molecule has 2 fully saturated rings. The van der Waals surface area contributed by atoms with Gasteiger partial charge in [-0.25, -0.2) is 0 Å². The second-order valence-electron chi connectivity index (χ2n) is 6.52. The van der Waals surface area contributed by atoms with Crippen molar-refractivity contribution in [2.75, 3.05) is 24.5 Å². The summed E-state index contributed by atoms with van der Waals surface area (Å²) in [6, 6.07) is 7.42. The van der Waals surface area contributed by atoms with Gasteiger partial charge in [0, 0.05) is 30.5 Å². The van der Waals surface area contributed by atoms with Crippen LogP contribution in [-0.4, -0.2) is 47.4 Å². The van der Waals surface area contributed by atoms with Gasteiger partial charge in [0.25, 0.3) is 0 Å². The van der Waals surface area contributed by atoms with Crippen LogP contribution in [0.15, 0.2) is 28.7 Å². The fourth-order valence-corrected chi connectivity index (χ4v) is 4.00. The van der Waals surface area contributed by atoms with Crippen LogP contribution in [0.25, 0.3) is 0 Å². The minimum atomic E-state index is -0.866. The maximum Gasteiger partial charge on any atom is 0.308 e. The van der Waals surface area contributed by atoms with Crippen molar-refractivity contribution in [3.05, 3.63) is 28.7 Å². The van der Waals surface area contributed by atoms with E-state index < -0.39 is 17.8 Å². The van der Waals surface area contributed by atoms with Crippen molar-refractivity contribution < 1.29 is 19.5 Å². The first kappa shape index (κ1) is 17.0. The Bertz CT molecular complexity index is 693. The molecule has 3 rings (SSSR count). The maximum atomic E-state index is 12.7. The molecule has 0 saturated carbocycles. The molecule has 3 atom stereocenters. The highest BCUT2D eigenvalue weighted by Gasteiger charge is 2.42. The Hall–Kier alpha value is -1.89. The average molecular weight is 395 g/mol. The lowest BCUT2D eigenvalue weighted by Crippen LogP contribution is -2.36. The molecule has 24 heavy (non-hydrogen) atoms. The number of para-hydroxylation sites is 1. The van der Waals surface area contributed by atoms with Crippen molar-refractivity contribution in [3.63, 3.8) is 0 Å².